The topological polar surface area (TPSA) is 118 Å². The smallest absolute Gasteiger partial charge is 0.343 e. The Morgan fingerprint density at radius 1 is 0.629 bits per heavy atom. The standard InChI is InChI=1S/C26H16O7S2/c27-23-11-5-1-3-9-7-13-17-18-14(34(13,29)30)8-10-4-2-6-12-16(10)20(18)22-21(19(17)15(9)11)25(23)33-35(31,32)26(22)24(12)28/h7-8,27-28H,1-6H2. The lowest BCUT2D eigenvalue weighted by molar-refractivity contribution is 0.417. The highest BCUT2D eigenvalue weighted by molar-refractivity contribution is 7.92. The van der Waals surface area contributed by atoms with Crippen LogP contribution < -0.4 is 4.18 Å². The van der Waals surface area contributed by atoms with E-state index in [1.54, 1.807) is 12.1 Å². The molecule has 5 aromatic rings. The summed E-state index contributed by atoms with van der Waals surface area (Å²) in [5, 5.41) is 27.0. The molecular formula is C26H16O7S2. The van der Waals surface area contributed by atoms with Crippen LogP contribution in [-0.2, 0) is 45.6 Å². The third-order valence-electron chi connectivity index (χ3n) is 8.57. The lowest BCUT2D eigenvalue weighted by Crippen LogP contribution is -2.18. The van der Waals surface area contributed by atoms with Gasteiger partial charge in [0.2, 0.25) is 9.84 Å². The molecule has 2 heterocycles. The molecule has 0 bridgehead atoms. The van der Waals surface area contributed by atoms with Gasteiger partial charge in [0.15, 0.2) is 16.4 Å². The van der Waals surface area contributed by atoms with E-state index in [0.717, 1.165) is 21.9 Å². The van der Waals surface area contributed by atoms with Crippen molar-refractivity contribution in [3.05, 3.63) is 34.4 Å². The summed E-state index contributed by atoms with van der Waals surface area (Å²) < 4.78 is 60.3. The first kappa shape index (κ1) is 19.0. The first-order valence-electron chi connectivity index (χ1n) is 11.7. The first-order chi connectivity index (χ1) is 16.7. The Bertz CT molecular complexity index is 2170. The van der Waals surface area contributed by atoms with Crippen LogP contribution in [0.4, 0.5) is 0 Å². The van der Waals surface area contributed by atoms with E-state index in [1.807, 2.05) is 0 Å². The molecule has 35 heavy (non-hydrogen) atoms. The van der Waals surface area contributed by atoms with E-state index >= 15 is 0 Å². The van der Waals surface area contributed by atoms with Gasteiger partial charge in [0.05, 0.1) is 9.79 Å². The molecule has 0 unspecified atom stereocenters. The van der Waals surface area contributed by atoms with E-state index in [-0.39, 0.29) is 37.3 Å². The minimum absolute atomic E-state index is 0.159. The summed E-state index contributed by atoms with van der Waals surface area (Å²) >= 11 is 0. The first-order valence-corrected chi connectivity index (χ1v) is 14.6. The molecule has 0 aromatic heterocycles. The van der Waals surface area contributed by atoms with Crippen LogP contribution in [-0.4, -0.2) is 27.0 Å². The Morgan fingerprint density at radius 2 is 1.17 bits per heavy atom. The highest BCUT2D eigenvalue weighted by Crippen LogP contribution is 2.62. The van der Waals surface area contributed by atoms with Crippen molar-refractivity contribution in [3.8, 4) is 17.2 Å². The molecule has 0 radical (unpaired) electrons. The number of phenols is 2. The maximum Gasteiger partial charge on any atom is 0.343 e. The fourth-order valence-electron chi connectivity index (χ4n) is 7.37. The van der Waals surface area contributed by atoms with Crippen molar-refractivity contribution in [3.63, 3.8) is 0 Å². The molecule has 0 amide bonds. The van der Waals surface area contributed by atoms with Crippen LogP contribution in [0.2, 0.25) is 0 Å². The van der Waals surface area contributed by atoms with Gasteiger partial charge < -0.3 is 14.4 Å². The van der Waals surface area contributed by atoms with Gasteiger partial charge in [-0.15, -0.1) is 0 Å². The Morgan fingerprint density at radius 3 is 1.77 bits per heavy atom. The number of sulfone groups is 1. The van der Waals surface area contributed by atoms with Crippen molar-refractivity contribution in [2.45, 2.75) is 53.2 Å². The Balaban J connectivity index is 1.79. The summed E-state index contributed by atoms with van der Waals surface area (Å²) in [7, 11) is -8.30. The summed E-state index contributed by atoms with van der Waals surface area (Å²) in [6.45, 7) is 0. The second kappa shape index (κ2) is 5.27. The SMILES string of the molecule is O=S1(=O)Oc2c(O)c3c4c(cc5c6c7c(cc8c9c(c(O)c1c(c2c46)c97)CCC8)S5(=O)=O)CCC3. The summed E-state index contributed by atoms with van der Waals surface area (Å²) in [5.41, 5.74) is 2.73. The van der Waals surface area contributed by atoms with Gasteiger partial charge in [-0.2, -0.15) is 8.42 Å². The minimum Gasteiger partial charge on any atom is -0.506 e. The van der Waals surface area contributed by atoms with Gasteiger partial charge in [0.25, 0.3) is 0 Å². The Kier molecular flexibility index (Phi) is 2.85. The number of rotatable bonds is 0. The van der Waals surface area contributed by atoms with Crippen LogP contribution in [0.3, 0.4) is 0 Å². The van der Waals surface area contributed by atoms with Crippen LogP contribution in [0, 0.1) is 0 Å². The molecule has 0 fully saturated rings. The maximum atomic E-state index is 13.9. The average molecular weight is 505 g/mol. The van der Waals surface area contributed by atoms with Crippen molar-refractivity contribution in [1.82, 2.24) is 0 Å². The third kappa shape index (κ3) is 1.76. The molecule has 0 saturated carbocycles. The zero-order valence-corrected chi connectivity index (χ0v) is 19.8. The molecule has 5 aromatic carbocycles. The fourth-order valence-corrected chi connectivity index (χ4v) is 10.4. The monoisotopic (exact) mass is 504 g/mol. The molecule has 0 atom stereocenters. The van der Waals surface area contributed by atoms with E-state index in [9.17, 15) is 27.0 Å². The molecular weight excluding hydrogens is 488 g/mol. The molecule has 0 saturated heterocycles. The van der Waals surface area contributed by atoms with Gasteiger partial charge in [-0.1, -0.05) is 0 Å². The zero-order valence-electron chi connectivity index (χ0n) is 18.1. The van der Waals surface area contributed by atoms with Crippen molar-refractivity contribution >= 4 is 63.0 Å². The van der Waals surface area contributed by atoms with Gasteiger partial charge in [0.1, 0.15) is 5.75 Å². The van der Waals surface area contributed by atoms with Crippen LogP contribution in [0.25, 0.3) is 43.1 Å². The van der Waals surface area contributed by atoms with Gasteiger partial charge in [-0.25, -0.2) is 8.42 Å². The second-order valence-electron chi connectivity index (χ2n) is 10.1. The largest absolute Gasteiger partial charge is 0.506 e. The zero-order chi connectivity index (χ0) is 23.8. The summed E-state index contributed by atoms with van der Waals surface area (Å²) in [4.78, 5) is 0.129. The third-order valence-corrected chi connectivity index (χ3v) is 11.7. The minimum atomic E-state index is -4.47. The summed E-state index contributed by atoms with van der Waals surface area (Å²) in [6.07, 6.45) is 3.67. The predicted octanol–water partition coefficient (Wildman–Crippen LogP) is 4.35. The van der Waals surface area contributed by atoms with E-state index in [2.05, 4.69) is 0 Å². The summed E-state index contributed by atoms with van der Waals surface area (Å²) in [6, 6.07) is 3.48. The molecule has 174 valence electrons. The molecule has 0 spiro atoms. The van der Waals surface area contributed by atoms with Crippen molar-refractivity contribution in [2.75, 3.05) is 0 Å². The molecule has 4 aliphatic rings. The molecule has 9 rings (SSSR count). The predicted molar refractivity (Wildman–Crippen MR) is 128 cm³/mol. The van der Waals surface area contributed by atoms with Crippen molar-refractivity contribution < 1.29 is 31.2 Å². The van der Waals surface area contributed by atoms with Crippen LogP contribution >= 0.6 is 0 Å². The Hall–Kier alpha value is -3.30. The van der Waals surface area contributed by atoms with E-state index in [1.165, 1.54) is 0 Å². The quantitative estimate of drug-likeness (QED) is 0.179. The molecule has 2 N–H and O–H groups in total. The van der Waals surface area contributed by atoms with Crippen LogP contribution in [0.15, 0.2) is 26.8 Å². The number of hydrogen-bond donors (Lipinski definition) is 2. The molecule has 2 aliphatic carbocycles. The Labute approximate surface area is 198 Å². The van der Waals surface area contributed by atoms with Gasteiger partial charge in [-0.05, 0) is 72.6 Å². The van der Waals surface area contributed by atoms with E-state index < -0.39 is 20.0 Å². The molecule has 2 aliphatic heterocycles. The van der Waals surface area contributed by atoms with Crippen molar-refractivity contribution in [1.29, 1.82) is 0 Å². The second-order valence-corrected chi connectivity index (χ2v) is 13.5. The van der Waals surface area contributed by atoms with Crippen molar-refractivity contribution in [2.24, 2.45) is 0 Å². The number of benzene rings is 5. The lowest BCUT2D eigenvalue weighted by atomic mass is 9.78. The number of phenolic OH excluding ortho intramolecular Hbond substituents is 2. The molecule has 7 nitrogen and oxygen atoms in total. The van der Waals surface area contributed by atoms with Gasteiger partial charge in [0, 0.05) is 43.4 Å². The normalized spacial score (nSPS) is 20.1. The number of aryl methyl sites for hydroxylation is 4. The van der Waals surface area contributed by atoms with E-state index in [4.69, 9.17) is 4.18 Å². The van der Waals surface area contributed by atoms with Crippen LogP contribution in [0.5, 0.6) is 17.2 Å². The summed E-state index contributed by atoms with van der Waals surface area (Å²) in [5.74, 6) is -0.704. The number of hydrogen-bond acceptors (Lipinski definition) is 7. The van der Waals surface area contributed by atoms with Gasteiger partial charge in [-0.3, -0.25) is 0 Å². The lowest BCUT2D eigenvalue weighted by Gasteiger charge is -2.30. The van der Waals surface area contributed by atoms with E-state index in [0.29, 0.717) is 76.6 Å². The van der Waals surface area contributed by atoms with Crippen LogP contribution in [0.1, 0.15) is 35.1 Å². The van der Waals surface area contributed by atoms with Gasteiger partial charge >= 0.3 is 10.1 Å². The average Bonchev–Trinajstić information content (AvgIpc) is 3.05. The maximum absolute atomic E-state index is 13.9. The fraction of sp³-hybridized carbons (Fsp3) is 0.231. The highest BCUT2D eigenvalue weighted by atomic mass is 32.2. The molecule has 9 heteroatoms. The number of aromatic hydroxyl groups is 2. The highest BCUT2D eigenvalue weighted by Gasteiger charge is 2.44.